The van der Waals surface area contributed by atoms with E-state index in [9.17, 15) is 15.0 Å². The number of phenolic OH excluding ortho intramolecular Hbond substituents is 2. The Morgan fingerprint density at radius 2 is 0.982 bits per heavy atom. The summed E-state index contributed by atoms with van der Waals surface area (Å²) in [7, 11) is -2.15. The van der Waals surface area contributed by atoms with Gasteiger partial charge in [-0.05, 0) is 48.5 Å². The molecular weight excluding hydrogens is 724 g/mol. The molecule has 0 radical (unpaired) electrons. The van der Waals surface area contributed by atoms with Gasteiger partial charge in [-0.15, -0.1) is 5.10 Å². The zero-order chi connectivity index (χ0) is 39.3. The van der Waals surface area contributed by atoms with Crippen LogP contribution in [0.1, 0.15) is 61.7 Å². The normalized spacial score (nSPS) is 11.6. The number of nitrogens with one attached hydrogen (secondary N) is 1. The standard InChI is InChI=1S/C49H51N4O3P/c54-45-30-18-16-28-43(45)47-51-48(44-29-17-19-31-46(44)55)53(52-47)39-34-32-38(33-35-39)49(56)50-36-20-5-3-1-2-4-6-21-37-57(40-22-10-7-11-23-40,41-24-12-8-13-25-41)42-26-14-9-15-27-42/h7-19,22-35,54-55,57H,1-6,20-21,36-37H2,(H,50,56). The number of nitrogens with zero attached hydrogens (tertiary/aromatic N) is 3. The first kappa shape index (κ1) is 39.2. The van der Waals surface area contributed by atoms with Crippen molar-refractivity contribution >= 4 is 29.1 Å². The number of phenols is 2. The number of aromatic nitrogens is 3. The van der Waals surface area contributed by atoms with Gasteiger partial charge in [0.05, 0.1) is 16.8 Å². The minimum absolute atomic E-state index is 0.0617. The summed E-state index contributed by atoms with van der Waals surface area (Å²) >= 11 is 0. The van der Waals surface area contributed by atoms with Crippen molar-refractivity contribution in [2.24, 2.45) is 0 Å². The van der Waals surface area contributed by atoms with Crippen LogP contribution in [0.5, 0.6) is 11.5 Å². The molecule has 57 heavy (non-hydrogen) atoms. The molecule has 0 bridgehead atoms. The zero-order valence-corrected chi connectivity index (χ0v) is 33.3. The number of hydrogen-bond donors (Lipinski definition) is 3. The maximum Gasteiger partial charge on any atom is 0.185 e. The molecule has 0 unspecified atom stereocenters. The molecule has 0 atom stereocenters. The number of carbonyl (C=O) groups excluding carboxylic acids is 1. The molecule has 6 aromatic carbocycles. The van der Waals surface area contributed by atoms with Crippen LogP contribution < -0.4 is 21.2 Å². The average molecular weight is 775 g/mol. The van der Waals surface area contributed by atoms with Crippen molar-refractivity contribution in [1.29, 1.82) is 0 Å². The molecule has 7 nitrogen and oxygen atoms in total. The second kappa shape index (κ2) is 19.2. The molecule has 0 saturated heterocycles. The van der Waals surface area contributed by atoms with Gasteiger partial charge in [-0.2, -0.15) is 0 Å². The molecule has 0 spiro atoms. The Morgan fingerprint density at radius 3 is 1.51 bits per heavy atom. The zero-order valence-electron chi connectivity index (χ0n) is 32.3. The number of hydrogen-bond acceptors (Lipinski definition) is 5. The summed E-state index contributed by atoms with van der Waals surface area (Å²) in [6, 6.07) is 54.6. The van der Waals surface area contributed by atoms with Crippen molar-refractivity contribution in [2.75, 3.05) is 12.7 Å². The van der Waals surface area contributed by atoms with Gasteiger partial charge in [0.2, 0.25) is 0 Å². The van der Waals surface area contributed by atoms with E-state index in [0.717, 1.165) is 12.8 Å². The third-order valence-electron chi connectivity index (χ3n) is 10.8. The van der Waals surface area contributed by atoms with Crippen molar-refractivity contribution in [3.8, 4) is 40.0 Å². The predicted molar refractivity (Wildman–Crippen MR) is 236 cm³/mol. The van der Waals surface area contributed by atoms with Gasteiger partial charge in [-0.1, -0.05) is 24.3 Å². The van der Waals surface area contributed by atoms with Crippen LogP contribution in [0.25, 0.3) is 28.5 Å². The Kier molecular flexibility index (Phi) is 13.2. The summed E-state index contributed by atoms with van der Waals surface area (Å²) in [5.41, 5.74) is 2.21. The molecule has 1 amide bonds. The topological polar surface area (TPSA) is 100 Å². The summed E-state index contributed by atoms with van der Waals surface area (Å²) in [6.45, 7) is 0.635. The van der Waals surface area contributed by atoms with Crippen LogP contribution in [0.4, 0.5) is 0 Å². The fraction of sp³-hybridized carbons (Fsp3) is 0.204. The van der Waals surface area contributed by atoms with Gasteiger partial charge in [0.1, 0.15) is 11.5 Å². The van der Waals surface area contributed by atoms with E-state index < -0.39 is 7.26 Å². The quantitative estimate of drug-likeness (QED) is 0.0596. The van der Waals surface area contributed by atoms with E-state index >= 15 is 0 Å². The van der Waals surface area contributed by atoms with Gasteiger partial charge in [-0.25, -0.2) is 9.67 Å². The van der Waals surface area contributed by atoms with Crippen molar-refractivity contribution in [3.05, 3.63) is 169 Å². The summed E-state index contributed by atoms with van der Waals surface area (Å²) in [5.74, 6) is 0.753. The SMILES string of the molecule is O=C(NCCCCCCCCCC[PH](c1ccccc1)(c1ccccc1)c1ccccc1)c1ccc(-n2nc(-c3ccccc3O)nc2-c2ccccc2O)cc1. The van der Waals surface area contributed by atoms with Crippen LogP contribution in [0.2, 0.25) is 0 Å². The van der Waals surface area contributed by atoms with E-state index in [1.165, 1.54) is 60.6 Å². The van der Waals surface area contributed by atoms with Gasteiger partial charge in [-0.3, -0.25) is 4.79 Å². The Hall–Kier alpha value is -6.04. The van der Waals surface area contributed by atoms with Crippen LogP contribution in [0.15, 0.2) is 164 Å². The van der Waals surface area contributed by atoms with Gasteiger partial charge in [0, 0.05) is 5.56 Å². The van der Waals surface area contributed by atoms with E-state index in [-0.39, 0.29) is 17.4 Å². The van der Waals surface area contributed by atoms with Crippen LogP contribution in [-0.2, 0) is 0 Å². The summed E-state index contributed by atoms with van der Waals surface area (Å²) in [5, 5.41) is 33.3. The van der Waals surface area contributed by atoms with Crippen LogP contribution in [-0.4, -0.2) is 43.6 Å². The number of para-hydroxylation sites is 2. The molecule has 8 heteroatoms. The molecule has 0 saturated carbocycles. The second-order valence-electron chi connectivity index (χ2n) is 14.6. The van der Waals surface area contributed by atoms with E-state index in [0.29, 0.717) is 40.6 Å². The Morgan fingerprint density at radius 1 is 0.526 bits per heavy atom. The average Bonchev–Trinajstić information content (AvgIpc) is 3.70. The number of carbonyl (C=O) groups is 1. The molecule has 0 aliphatic rings. The summed E-state index contributed by atoms with van der Waals surface area (Å²) in [4.78, 5) is 17.7. The number of benzene rings is 6. The van der Waals surface area contributed by atoms with Crippen molar-refractivity contribution in [1.82, 2.24) is 20.1 Å². The van der Waals surface area contributed by atoms with E-state index in [1.54, 1.807) is 53.2 Å². The molecule has 7 aromatic rings. The van der Waals surface area contributed by atoms with Crippen LogP contribution in [0, 0.1) is 0 Å². The fourth-order valence-corrected chi connectivity index (χ4v) is 12.8. The molecule has 1 heterocycles. The van der Waals surface area contributed by atoms with E-state index in [4.69, 9.17) is 0 Å². The third-order valence-corrected chi connectivity index (χ3v) is 15.9. The first-order chi connectivity index (χ1) is 28.0. The number of unbranched alkanes of at least 4 members (excludes halogenated alkanes) is 7. The monoisotopic (exact) mass is 774 g/mol. The maximum absolute atomic E-state index is 13.0. The van der Waals surface area contributed by atoms with Crippen LogP contribution in [0.3, 0.4) is 0 Å². The van der Waals surface area contributed by atoms with E-state index in [1.807, 2.05) is 24.3 Å². The van der Waals surface area contributed by atoms with Gasteiger partial charge >= 0.3 is 189 Å². The first-order valence-corrected chi connectivity index (χ1v) is 22.3. The largest absolute Gasteiger partial charge is 0.507 e. The molecule has 1 aromatic heterocycles. The molecule has 7 rings (SSSR count). The third kappa shape index (κ3) is 9.33. The van der Waals surface area contributed by atoms with Gasteiger partial charge in [0.15, 0.2) is 11.6 Å². The Balaban J connectivity index is 0.867. The van der Waals surface area contributed by atoms with Gasteiger partial charge in [0.25, 0.3) is 0 Å². The smallest absolute Gasteiger partial charge is 0.185 e. The number of rotatable bonds is 18. The van der Waals surface area contributed by atoms with Gasteiger partial charge < -0.3 is 10.2 Å². The van der Waals surface area contributed by atoms with Crippen molar-refractivity contribution in [2.45, 2.75) is 51.4 Å². The second-order valence-corrected chi connectivity index (χ2v) is 18.6. The summed E-state index contributed by atoms with van der Waals surface area (Å²) in [6.07, 6.45) is 10.6. The van der Waals surface area contributed by atoms with E-state index in [2.05, 4.69) is 106 Å². The molecule has 3 N–H and O–H groups in total. The maximum atomic E-state index is 13.0. The first-order valence-electron chi connectivity index (χ1n) is 20.1. The van der Waals surface area contributed by atoms with Crippen molar-refractivity contribution < 1.29 is 15.0 Å². The predicted octanol–water partition coefficient (Wildman–Crippen LogP) is 9.59. The summed E-state index contributed by atoms with van der Waals surface area (Å²) < 4.78 is 1.62. The minimum atomic E-state index is -2.15. The Bertz CT molecular complexity index is 2230. The minimum Gasteiger partial charge on any atom is -0.507 e. The molecule has 290 valence electrons. The molecule has 0 aliphatic carbocycles. The Labute approximate surface area is 336 Å². The molecule has 0 fully saturated rings. The molecular formula is C49H51N4O3P. The molecule has 0 aliphatic heterocycles. The number of aromatic hydroxyl groups is 2. The van der Waals surface area contributed by atoms with Crippen molar-refractivity contribution in [3.63, 3.8) is 0 Å². The number of amides is 1. The van der Waals surface area contributed by atoms with Crippen LogP contribution >= 0.6 is 7.26 Å². The fourth-order valence-electron chi connectivity index (χ4n) is 7.84.